The summed E-state index contributed by atoms with van der Waals surface area (Å²) in [4.78, 5) is 23.5. The summed E-state index contributed by atoms with van der Waals surface area (Å²) in [7, 11) is 0. The van der Waals surface area contributed by atoms with Gasteiger partial charge in [0, 0.05) is 6.04 Å². The van der Waals surface area contributed by atoms with E-state index >= 15 is 0 Å². The molecule has 0 aromatic heterocycles. The Morgan fingerprint density at radius 1 is 1.26 bits per heavy atom. The molecule has 0 saturated heterocycles. The molecule has 1 amide bonds. The molecule has 0 radical (unpaired) electrons. The van der Waals surface area contributed by atoms with Gasteiger partial charge in [-0.05, 0) is 36.5 Å². The molecule has 5 nitrogen and oxygen atoms in total. The Labute approximate surface area is 113 Å². The van der Waals surface area contributed by atoms with Crippen molar-refractivity contribution in [1.82, 2.24) is 5.32 Å². The predicted molar refractivity (Wildman–Crippen MR) is 71.3 cm³/mol. The van der Waals surface area contributed by atoms with E-state index in [1.54, 1.807) is 0 Å². The number of carbonyl (C=O) groups excluding carboxylic acids is 1. The molecule has 2 saturated carbocycles. The van der Waals surface area contributed by atoms with Crippen molar-refractivity contribution < 1.29 is 14.7 Å². The average Bonchev–Trinajstić information content (AvgIpc) is 2.86. The van der Waals surface area contributed by atoms with Crippen LogP contribution in [0.15, 0.2) is 0 Å². The average molecular weight is 268 g/mol. The Balaban J connectivity index is 2.06. The third kappa shape index (κ3) is 2.61. The van der Waals surface area contributed by atoms with Crippen LogP contribution in [0.2, 0.25) is 0 Å². The Morgan fingerprint density at radius 2 is 1.84 bits per heavy atom. The Bertz CT molecular complexity index is 389. The second-order valence-corrected chi connectivity index (χ2v) is 7.08. The van der Waals surface area contributed by atoms with Crippen molar-refractivity contribution in [2.75, 3.05) is 0 Å². The molecule has 2 rings (SSSR count). The molecule has 5 atom stereocenters. The minimum Gasteiger partial charge on any atom is -0.481 e. The van der Waals surface area contributed by atoms with Gasteiger partial charge >= 0.3 is 5.97 Å². The first-order chi connectivity index (χ1) is 8.71. The van der Waals surface area contributed by atoms with Crippen LogP contribution in [0.3, 0.4) is 0 Å². The zero-order chi connectivity index (χ0) is 14.4. The zero-order valence-electron chi connectivity index (χ0n) is 11.8. The van der Waals surface area contributed by atoms with Crippen LogP contribution in [0, 0.1) is 23.2 Å². The highest BCUT2D eigenvalue weighted by Crippen LogP contribution is 2.48. The fraction of sp³-hybridized carbons (Fsp3) is 0.857. The molecular weight excluding hydrogens is 244 g/mol. The van der Waals surface area contributed by atoms with E-state index in [1.807, 2.05) is 20.8 Å². The normalized spacial score (nSPS) is 35.2. The largest absolute Gasteiger partial charge is 0.481 e. The lowest BCUT2D eigenvalue weighted by Gasteiger charge is -2.32. The number of fused-ring (bicyclic) bond motifs is 2. The van der Waals surface area contributed by atoms with E-state index in [0.717, 1.165) is 19.3 Å². The molecule has 0 aromatic carbocycles. The van der Waals surface area contributed by atoms with Crippen LogP contribution >= 0.6 is 0 Å². The lowest BCUT2D eigenvalue weighted by atomic mass is 9.83. The molecule has 0 spiro atoms. The van der Waals surface area contributed by atoms with E-state index in [9.17, 15) is 14.7 Å². The number of hydrogen-bond acceptors (Lipinski definition) is 3. The van der Waals surface area contributed by atoms with Gasteiger partial charge in [-0.2, -0.15) is 0 Å². The molecule has 2 bridgehead atoms. The number of hydrogen-bond donors (Lipinski definition) is 3. The molecular formula is C14H24N2O3. The van der Waals surface area contributed by atoms with Gasteiger partial charge in [0.25, 0.3) is 0 Å². The maximum absolute atomic E-state index is 12.2. The van der Waals surface area contributed by atoms with Crippen molar-refractivity contribution in [3.05, 3.63) is 0 Å². The highest BCUT2D eigenvalue weighted by molar-refractivity contribution is 5.83. The standard InChI is InChI=1S/C14H24N2O3/c1-14(2,3)11(15)12(17)16-10-8-5-4-7(6-8)9(10)13(18)19/h7-11H,4-6,15H2,1-3H3,(H,16,17)(H,18,19)/t7?,8?,9?,10?,11-/m1/s1. The lowest BCUT2D eigenvalue weighted by Crippen LogP contribution is -2.55. The SMILES string of the molecule is CC(C)(C)[C@H](N)C(=O)NC1C2CCC(C2)C1C(=O)O. The first-order valence-corrected chi connectivity index (χ1v) is 7.00. The van der Waals surface area contributed by atoms with E-state index in [-0.39, 0.29) is 23.3 Å². The van der Waals surface area contributed by atoms with E-state index in [0.29, 0.717) is 5.92 Å². The summed E-state index contributed by atoms with van der Waals surface area (Å²) in [5.41, 5.74) is 5.61. The van der Waals surface area contributed by atoms with E-state index in [2.05, 4.69) is 5.32 Å². The number of nitrogens with two attached hydrogens (primary N) is 1. The number of carbonyl (C=O) groups is 2. The summed E-state index contributed by atoms with van der Waals surface area (Å²) < 4.78 is 0. The number of aliphatic carboxylic acids is 1. The molecule has 2 aliphatic carbocycles. The van der Waals surface area contributed by atoms with Crippen molar-refractivity contribution in [1.29, 1.82) is 0 Å². The summed E-state index contributed by atoms with van der Waals surface area (Å²) in [6.45, 7) is 5.73. The van der Waals surface area contributed by atoms with Crippen LogP contribution in [-0.2, 0) is 9.59 Å². The molecule has 5 heteroatoms. The second-order valence-electron chi connectivity index (χ2n) is 7.08. The van der Waals surface area contributed by atoms with Crippen LogP contribution < -0.4 is 11.1 Å². The van der Waals surface area contributed by atoms with Gasteiger partial charge in [0.15, 0.2) is 0 Å². The summed E-state index contributed by atoms with van der Waals surface area (Å²) >= 11 is 0. The third-order valence-corrected chi connectivity index (χ3v) is 4.73. The van der Waals surface area contributed by atoms with Crippen molar-refractivity contribution in [3.8, 4) is 0 Å². The van der Waals surface area contributed by atoms with E-state index in [4.69, 9.17) is 5.73 Å². The smallest absolute Gasteiger partial charge is 0.308 e. The van der Waals surface area contributed by atoms with Crippen LogP contribution in [0.25, 0.3) is 0 Å². The number of amides is 1. The Kier molecular flexibility index (Phi) is 3.60. The summed E-state index contributed by atoms with van der Waals surface area (Å²) in [6, 6.07) is -0.849. The molecule has 0 aromatic rings. The van der Waals surface area contributed by atoms with Crippen LogP contribution in [0.5, 0.6) is 0 Å². The Hall–Kier alpha value is -1.10. The number of rotatable bonds is 3. The van der Waals surface area contributed by atoms with Gasteiger partial charge in [0.1, 0.15) is 0 Å². The summed E-state index contributed by atoms with van der Waals surface area (Å²) in [6.07, 6.45) is 2.91. The van der Waals surface area contributed by atoms with Crippen LogP contribution in [0.4, 0.5) is 0 Å². The Morgan fingerprint density at radius 3 is 2.37 bits per heavy atom. The van der Waals surface area contributed by atoms with Crippen LogP contribution in [-0.4, -0.2) is 29.1 Å². The first kappa shape index (κ1) is 14.3. The molecule has 2 aliphatic rings. The highest BCUT2D eigenvalue weighted by atomic mass is 16.4. The highest BCUT2D eigenvalue weighted by Gasteiger charge is 2.52. The fourth-order valence-electron chi connectivity index (χ4n) is 3.50. The topological polar surface area (TPSA) is 92.4 Å². The zero-order valence-corrected chi connectivity index (χ0v) is 11.8. The predicted octanol–water partition coefficient (Wildman–Crippen LogP) is 0.975. The van der Waals surface area contributed by atoms with E-state index < -0.39 is 17.9 Å². The molecule has 4 unspecified atom stereocenters. The molecule has 19 heavy (non-hydrogen) atoms. The van der Waals surface area contributed by atoms with Crippen LogP contribution in [0.1, 0.15) is 40.0 Å². The summed E-state index contributed by atoms with van der Waals surface area (Å²) in [5, 5.41) is 12.2. The van der Waals surface area contributed by atoms with E-state index in [1.165, 1.54) is 0 Å². The fourth-order valence-corrected chi connectivity index (χ4v) is 3.50. The van der Waals surface area contributed by atoms with Crippen molar-refractivity contribution in [3.63, 3.8) is 0 Å². The van der Waals surface area contributed by atoms with Gasteiger partial charge in [0.2, 0.25) is 5.91 Å². The van der Waals surface area contributed by atoms with Gasteiger partial charge in [0.05, 0.1) is 12.0 Å². The molecule has 4 N–H and O–H groups in total. The van der Waals surface area contributed by atoms with Gasteiger partial charge in [-0.15, -0.1) is 0 Å². The lowest BCUT2D eigenvalue weighted by molar-refractivity contribution is -0.144. The van der Waals surface area contributed by atoms with Gasteiger partial charge < -0.3 is 16.2 Å². The molecule has 108 valence electrons. The van der Waals surface area contributed by atoms with Gasteiger partial charge in [-0.1, -0.05) is 20.8 Å². The number of nitrogens with one attached hydrogen (secondary N) is 1. The maximum Gasteiger partial charge on any atom is 0.308 e. The molecule has 0 heterocycles. The molecule has 2 fully saturated rings. The maximum atomic E-state index is 12.2. The summed E-state index contributed by atoms with van der Waals surface area (Å²) in [5.74, 6) is -0.922. The van der Waals surface area contributed by atoms with Gasteiger partial charge in [-0.25, -0.2) is 0 Å². The first-order valence-electron chi connectivity index (χ1n) is 7.00. The van der Waals surface area contributed by atoms with Crippen molar-refractivity contribution in [2.24, 2.45) is 28.9 Å². The number of carboxylic acids is 1. The monoisotopic (exact) mass is 268 g/mol. The minimum atomic E-state index is -0.790. The quantitative estimate of drug-likeness (QED) is 0.711. The molecule has 0 aliphatic heterocycles. The van der Waals surface area contributed by atoms with Gasteiger partial charge in [-0.3, -0.25) is 9.59 Å². The number of carboxylic acid groups (broad SMARTS) is 1. The minimum absolute atomic E-state index is 0.221. The van der Waals surface area contributed by atoms with Crippen molar-refractivity contribution in [2.45, 2.75) is 52.1 Å². The third-order valence-electron chi connectivity index (χ3n) is 4.73. The van der Waals surface area contributed by atoms with Crippen molar-refractivity contribution >= 4 is 11.9 Å². The second kappa shape index (κ2) is 4.78.